The van der Waals surface area contributed by atoms with Crippen molar-refractivity contribution in [3.63, 3.8) is 0 Å². The number of hydrogen-bond acceptors (Lipinski definition) is 4. The SMILES string of the molecule is CCC(C)(O)CN1CCCCC1CNCCOC. The lowest BCUT2D eigenvalue weighted by atomic mass is 9.97. The van der Waals surface area contributed by atoms with Gasteiger partial charge in [0.25, 0.3) is 0 Å². The first-order valence-corrected chi connectivity index (χ1v) is 7.25. The average Bonchev–Trinajstić information content (AvgIpc) is 2.36. The van der Waals surface area contributed by atoms with E-state index in [4.69, 9.17) is 4.74 Å². The van der Waals surface area contributed by atoms with E-state index in [1.165, 1.54) is 19.3 Å². The predicted molar refractivity (Wildman–Crippen MR) is 74.9 cm³/mol. The molecule has 1 aliphatic heterocycles. The van der Waals surface area contributed by atoms with Crippen LogP contribution in [0.3, 0.4) is 0 Å². The fraction of sp³-hybridized carbons (Fsp3) is 1.00. The van der Waals surface area contributed by atoms with E-state index in [1.807, 2.05) is 6.92 Å². The highest BCUT2D eigenvalue weighted by Gasteiger charge is 2.28. The van der Waals surface area contributed by atoms with Crippen molar-refractivity contribution in [3.05, 3.63) is 0 Å². The molecule has 2 atom stereocenters. The fourth-order valence-electron chi connectivity index (χ4n) is 2.49. The molecule has 0 saturated carbocycles. The largest absolute Gasteiger partial charge is 0.389 e. The predicted octanol–water partition coefficient (Wildman–Crippen LogP) is 1.24. The third-order valence-electron chi connectivity index (χ3n) is 3.92. The van der Waals surface area contributed by atoms with Crippen molar-refractivity contribution in [1.29, 1.82) is 0 Å². The number of β-amino-alcohol motifs (C(OH)–C–C–N with tert-alkyl or cyclic N) is 1. The van der Waals surface area contributed by atoms with Crippen LogP contribution in [-0.2, 0) is 4.74 Å². The molecule has 0 bridgehead atoms. The second kappa shape index (κ2) is 8.10. The molecule has 4 heteroatoms. The third-order valence-corrected chi connectivity index (χ3v) is 3.92. The Bertz CT molecular complexity index is 222. The van der Waals surface area contributed by atoms with Crippen LogP contribution in [0.15, 0.2) is 0 Å². The summed E-state index contributed by atoms with van der Waals surface area (Å²) in [6, 6.07) is 0.564. The van der Waals surface area contributed by atoms with E-state index in [-0.39, 0.29) is 0 Å². The van der Waals surface area contributed by atoms with Gasteiger partial charge in [-0.3, -0.25) is 4.90 Å². The maximum absolute atomic E-state index is 10.2. The Hall–Kier alpha value is -0.160. The van der Waals surface area contributed by atoms with Crippen LogP contribution >= 0.6 is 0 Å². The van der Waals surface area contributed by atoms with Gasteiger partial charge in [0.15, 0.2) is 0 Å². The van der Waals surface area contributed by atoms with E-state index >= 15 is 0 Å². The molecule has 18 heavy (non-hydrogen) atoms. The number of piperidine rings is 1. The minimum Gasteiger partial charge on any atom is -0.389 e. The number of ether oxygens (including phenoxy) is 1. The Morgan fingerprint density at radius 2 is 2.22 bits per heavy atom. The number of nitrogens with zero attached hydrogens (tertiary/aromatic N) is 1. The Morgan fingerprint density at radius 3 is 2.89 bits per heavy atom. The molecule has 2 unspecified atom stereocenters. The van der Waals surface area contributed by atoms with E-state index in [0.717, 1.165) is 39.2 Å². The number of methoxy groups -OCH3 is 1. The van der Waals surface area contributed by atoms with Crippen LogP contribution in [0.1, 0.15) is 39.5 Å². The standard InChI is InChI=1S/C14H30N2O2/c1-4-14(2,17)12-16-9-6-5-7-13(16)11-15-8-10-18-3/h13,15,17H,4-12H2,1-3H3. The number of rotatable bonds is 8. The van der Waals surface area contributed by atoms with Crippen molar-refractivity contribution in [3.8, 4) is 0 Å². The lowest BCUT2D eigenvalue weighted by molar-refractivity contribution is -0.00612. The van der Waals surface area contributed by atoms with E-state index in [1.54, 1.807) is 7.11 Å². The molecule has 0 radical (unpaired) electrons. The Kier molecular flexibility index (Phi) is 7.15. The first kappa shape index (κ1) is 15.9. The topological polar surface area (TPSA) is 44.7 Å². The summed E-state index contributed by atoms with van der Waals surface area (Å²) < 4.78 is 5.04. The van der Waals surface area contributed by atoms with Gasteiger partial charge in [-0.15, -0.1) is 0 Å². The highest BCUT2D eigenvalue weighted by molar-refractivity contribution is 4.84. The van der Waals surface area contributed by atoms with Crippen LogP contribution in [0.25, 0.3) is 0 Å². The van der Waals surface area contributed by atoms with Gasteiger partial charge in [0.2, 0.25) is 0 Å². The van der Waals surface area contributed by atoms with E-state index in [9.17, 15) is 5.11 Å². The summed E-state index contributed by atoms with van der Waals surface area (Å²) in [6.07, 6.45) is 4.61. The average molecular weight is 258 g/mol. The molecule has 1 aliphatic rings. The van der Waals surface area contributed by atoms with Gasteiger partial charge in [-0.25, -0.2) is 0 Å². The monoisotopic (exact) mass is 258 g/mol. The fourth-order valence-corrected chi connectivity index (χ4v) is 2.49. The van der Waals surface area contributed by atoms with Crippen LogP contribution in [0.5, 0.6) is 0 Å². The zero-order valence-electron chi connectivity index (χ0n) is 12.2. The summed E-state index contributed by atoms with van der Waals surface area (Å²) in [4.78, 5) is 2.45. The number of aliphatic hydroxyl groups is 1. The molecule has 4 nitrogen and oxygen atoms in total. The molecular formula is C14H30N2O2. The van der Waals surface area contributed by atoms with E-state index < -0.39 is 5.60 Å². The zero-order valence-corrected chi connectivity index (χ0v) is 12.2. The van der Waals surface area contributed by atoms with E-state index in [0.29, 0.717) is 6.04 Å². The van der Waals surface area contributed by atoms with Gasteiger partial charge in [0, 0.05) is 32.8 Å². The van der Waals surface area contributed by atoms with Crippen LogP contribution in [-0.4, -0.2) is 61.5 Å². The molecule has 0 aromatic heterocycles. The van der Waals surface area contributed by atoms with Crippen molar-refractivity contribution in [1.82, 2.24) is 10.2 Å². The quantitative estimate of drug-likeness (QED) is 0.643. The summed E-state index contributed by atoms with van der Waals surface area (Å²) in [5.41, 5.74) is -0.553. The summed E-state index contributed by atoms with van der Waals surface area (Å²) >= 11 is 0. The second-order valence-electron chi connectivity index (χ2n) is 5.67. The molecular weight excluding hydrogens is 228 g/mol. The van der Waals surface area contributed by atoms with Gasteiger partial charge in [0.05, 0.1) is 12.2 Å². The Morgan fingerprint density at radius 1 is 1.44 bits per heavy atom. The van der Waals surface area contributed by atoms with Crippen LogP contribution in [0, 0.1) is 0 Å². The molecule has 2 N–H and O–H groups in total. The molecule has 0 amide bonds. The van der Waals surface area contributed by atoms with Crippen LogP contribution in [0.2, 0.25) is 0 Å². The normalized spacial score (nSPS) is 25.0. The summed E-state index contributed by atoms with van der Waals surface area (Å²) in [5, 5.41) is 13.7. The molecule has 0 aromatic carbocycles. The van der Waals surface area contributed by atoms with Crippen molar-refractivity contribution in [2.45, 2.75) is 51.2 Å². The number of hydrogen-bond donors (Lipinski definition) is 2. The smallest absolute Gasteiger partial charge is 0.0743 e. The van der Waals surface area contributed by atoms with Gasteiger partial charge in [0.1, 0.15) is 0 Å². The molecule has 1 saturated heterocycles. The van der Waals surface area contributed by atoms with E-state index in [2.05, 4.69) is 17.1 Å². The van der Waals surface area contributed by atoms with Crippen LogP contribution < -0.4 is 5.32 Å². The zero-order chi connectivity index (χ0) is 13.4. The minimum atomic E-state index is -0.553. The molecule has 1 rings (SSSR count). The molecule has 0 aromatic rings. The van der Waals surface area contributed by atoms with Gasteiger partial charge in [-0.05, 0) is 32.7 Å². The minimum absolute atomic E-state index is 0.553. The molecule has 1 heterocycles. The molecule has 0 spiro atoms. The lowest BCUT2D eigenvalue weighted by Crippen LogP contribution is -2.51. The van der Waals surface area contributed by atoms with Crippen molar-refractivity contribution >= 4 is 0 Å². The second-order valence-corrected chi connectivity index (χ2v) is 5.67. The Labute approximate surface area is 112 Å². The van der Waals surface area contributed by atoms with Crippen molar-refractivity contribution in [2.75, 3.05) is 39.9 Å². The molecule has 0 aliphatic carbocycles. The highest BCUT2D eigenvalue weighted by atomic mass is 16.5. The lowest BCUT2D eigenvalue weighted by Gasteiger charge is -2.39. The van der Waals surface area contributed by atoms with Gasteiger partial charge >= 0.3 is 0 Å². The van der Waals surface area contributed by atoms with Gasteiger partial charge in [-0.1, -0.05) is 13.3 Å². The van der Waals surface area contributed by atoms with Gasteiger partial charge < -0.3 is 15.2 Å². The maximum Gasteiger partial charge on any atom is 0.0743 e. The number of nitrogens with one attached hydrogen (secondary N) is 1. The van der Waals surface area contributed by atoms with Crippen molar-refractivity contribution in [2.24, 2.45) is 0 Å². The van der Waals surface area contributed by atoms with Crippen molar-refractivity contribution < 1.29 is 9.84 Å². The summed E-state index contributed by atoms with van der Waals surface area (Å²) in [5.74, 6) is 0. The first-order chi connectivity index (χ1) is 8.59. The summed E-state index contributed by atoms with van der Waals surface area (Å²) in [6.45, 7) is 8.58. The number of likely N-dealkylation sites (tertiary alicyclic amines) is 1. The van der Waals surface area contributed by atoms with Crippen LogP contribution in [0.4, 0.5) is 0 Å². The summed E-state index contributed by atoms with van der Waals surface area (Å²) in [7, 11) is 1.73. The Balaban J connectivity index is 2.37. The van der Waals surface area contributed by atoms with Gasteiger partial charge in [-0.2, -0.15) is 0 Å². The molecule has 108 valence electrons. The first-order valence-electron chi connectivity index (χ1n) is 7.25. The molecule has 1 fully saturated rings. The maximum atomic E-state index is 10.2. The highest BCUT2D eigenvalue weighted by Crippen LogP contribution is 2.20. The third kappa shape index (κ3) is 5.65.